The molecule has 0 radical (unpaired) electrons. The molecule has 5 rings (SSSR count). The van der Waals surface area contributed by atoms with Crippen LogP contribution in [0.15, 0.2) is 18.3 Å². The Morgan fingerprint density at radius 3 is 2.84 bits per heavy atom. The average Bonchev–Trinajstić information content (AvgIpc) is 3.54. The summed E-state index contributed by atoms with van der Waals surface area (Å²) in [5.41, 5.74) is 1.53. The quantitative estimate of drug-likeness (QED) is 0.530. The number of fused-ring (bicyclic) bond motifs is 1. The molecule has 3 aromatic rings. The van der Waals surface area contributed by atoms with Crippen molar-refractivity contribution in [2.75, 3.05) is 31.6 Å². The van der Waals surface area contributed by atoms with E-state index < -0.39 is 11.6 Å². The second kappa shape index (κ2) is 8.35. The first-order chi connectivity index (χ1) is 15.1. The van der Waals surface area contributed by atoms with Crippen LogP contribution in [0.5, 0.6) is 5.75 Å². The second-order valence-corrected chi connectivity index (χ2v) is 7.99. The molecule has 164 valence electrons. The van der Waals surface area contributed by atoms with Crippen LogP contribution in [0.1, 0.15) is 37.3 Å². The fourth-order valence-corrected chi connectivity index (χ4v) is 3.90. The molecule has 1 aliphatic heterocycles. The second-order valence-electron chi connectivity index (χ2n) is 7.99. The van der Waals surface area contributed by atoms with Crippen molar-refractivity contribution in [2.45, 2.75) is 37.6 Å². The molecule has 0 spiro atoms. The molecule has 2 aliphatic rings. The summed E-state index contributed by atoms with van der Waals surface area (Å²) in [7, 11) is 0. The van der Waals surface area contributed by atoms with Gasteiger partial charge in [0, 0.05) is 30.6 Å². The summed E-state index contributed by atoms with van der Waals surface area (Å²) >= 11 is 0. The number of rotatable bonds is 7. The maximum atomic E-state index is 14.8. The number of nitrogens with zero attached hydrogens (tertiary/aromatic N) is 4. The Balaban J connectivity index is 1.54. The zero-order chi connectivity index (χ0) is 21.4. The molecule has 1 aliphatic carbocycles. The molecular formula is C21H24F2N6O2. The van der Waals surface area contributed by atoms with Gasteiger partial charge in [0.2, 0.25) is 0 Å². The van der Waals surface area contributed by atoms with Gasteiger partial charge in [-0.05, 0) is 32.2 Å². The summed E-state index contributed by atoms with van der Waals surface area (Å²) in [6, 6.07) is 2.61. The first kappa shape index (κ1) is 20.1. The fourth-order valence-electron chi connectivity index (χ4n) is 3.90. The third-order valence-corrected chi connectivity index (χ3v) is 5.61. The van der Waals surface area contributed by atoms with Gasteiger partial charge in [-0.2, -0.15) is 5.10 Å². The highest BCUT2D eigenvalue weighted by molar-refractivity contribution is 5.63. The van der Waals surface area contributed by atoms with Crippen LogP contribution >= 0.6 is 0 Å². The maximum Gasteiger partial charge on any atom is 0.168 e. The lowest BCUT2D eigenvalue weighted by molar-refractivity contribution is 0.199. The highest BCUT2D eigenvalue weighted by atomic mass is 19.1. The molecule has 0 aromatic carbocycles. The Hall–Kier alpha value is -2.85. The zero-order valence-electron chi connectivity index (χ0n) is 16.9. The van der Waals surface area contributed by atoms with Crippen LogP contribution in [0.25, 0.3) is 17.0 Å². The summed E-state index contributed by atoms with van der Waals surface area (Å²) in [4.78, 5) is 8.59. The van der Waals surface area contributed by atoms with Crippen molar-refractivity contribution >= 4 is 11.5 Å². The van der Waals surface area contributed by atoms with Gasteiger partial charge >= 0.3 is 0 Å². The molecule has 10 heteroatoms. The number of pyridine rings is 1. The van der Waals surface area contributed by atoms with Crippen molar-refractivity contribution < 1.29 is 18.6 Å². The molecule has 4 heterocycles. The largest absolute Gasteiger partial charge is 0.489 e. The number of imidazole rings is 1. The Morgan fingerprint density at radius 1 is 1.23 bits per heavy atom. The molecular weight excluding hydrogens is 406 g/mol. The van der Waals surface area contributed by atoms with Gasteiger partial charge in [-0.25, -0.2) is 23.3 Å². The van der Waals surface area contributed by atoms with Crippen molar-refractivity contribution in [3.8, 4) is 17.1 Å². The number of aromatic nitrogens is 4. The van der Waals surface area contributed by atoms with Gasteiger partial charge in [0.1, 0.15) is 29.4 Å². The Bertz CT molecular complexity index is 1100. The first-order valence-electron chi connectivity index (χ1n) is 10.6. The van der Waals surface area contributed by atoms with E-state index in [1.807, 2.05) is 0 Å². The van der Waals surface area contributed by atoms with E-state index in [0.29, 0.717) is 23.6 Å². The molecule has 0 bridgehead atoms. The van der Waals surface area contributed by atoms with Crippen molar-refractivity contribution in [3.05, 3.63) is 35.7 Å². The zero-order valence-corrected chi connectivity index (χ0v) is 16.9. The van der Waals surface area contributed by atoms with Crippen LogP contribution in [0, 0.1) is 11.6 Å². The van der Waals surface area contributed by atoms with Crippen LogP contribution in [-0.2, 0) is 0 Å². The van der Waals surface area contributed by atoms with Crippen LogP contribution in [0.3, 0.4) is 0 Å². The van der Waals surface area contributed by atoms with Gasteiger partial charge < -0.3 is 20.5 Å². The van der Waals surface area contributed by atoms with Crippen molar-refractivity contribution in [1.29, 1.82) is 0 Å². The summed E-state index contributed by atoms with van der Waals surface area (Å²) in [6.45, 7) is 1.69. The number of hydrogen-bond acceptors (Lipinski definition) is 7. The summed E-state index contributed by atoms with van der Waals surface area (Å²) in [6.07, 6.45) is 5.33. The molecule has 8 nitrogen and oxygen atoms in total. The van der Waals surface area contributed by atoms with E-state index in [-0.39, 0.29) is 36.7 Å². The highest BCUT2D eigenvalue weighted by Crippen LogP contribution is 2.43. The number of hydrogen-bond donors (Lipinski definition) is 3. The predicted molar refractivity (Wildman–Crippen MR) is 110 cm³/mol. The number of anilines is 1. The van der Waals surface area contributed by atoms with Gasteiger partial charge in [-0.15, -0.1) is 0 Å². The number of nitrogens with one attached hydrogen (secondary N) is 2. The lowest BCUT2D eigenvalue weighted by Gasteiger charge is -2.24. The minimum Gasteiger partial charge on any atom is -0.489 e. The Kier molecular flexibility index (Phi) is 5.41. The lowest BCUT2D eigenvalue weighted by Crippen LogP contribution is -2.38. The van der Waals surface area contributed by atoms with E-state index in [4.69, 9.17) is 9.84 Å². The SMILES string of the molecule is OCCOc1cc2ncc(-c3nc(NC4CCCNC4)c(F)cc3F)n2nc1C1CC1. The normalized spacial score (nSPS) is 19.0. The summed E-state index contributed by atoms with van der Waals surface area (Å²) in [5, 5.41) is 20.1. The van der Waals surface area contributed by atoms with Crippen molar-refractivity contribution in [2.24, 2.45) is 0 Å². The Labute approximate surface area is 177 Å². The van der Waals surface area contributed by atoms with Gasteiger partial charge in [-0.1, -0.05) is 0 Å². The van der Waals surface area contributed by atoms with Crippen molar-refractivity contribution in [3.63, 3.8) is 0 Å². The van der Waals surface area contributed by atoms with E-state index >= 15 is 0 Å². The van der Waals surface area contributed by atoms with Crippen molar-refractivity contribution in [1.82, 2.24) is 24.9 Å². The van der Waals surface area contributed by atoms with Crippen LogP contribution in [0.2, 0.25) is 0 Å². The van der Waals surface area contributed by atoms with E-state index in [1.165, 1.54) is 10.7 Å². The van der Waals surface area contributed by atoms with Gasteiger partial charge in [0.25, 0.3) is 0 Å². The minimum atomic E-state index is -0.776. The molecule has 3 N–H and O–H groups in total. The number of piperidine rings is 1. The number of halogens is 2. The van der Waals surface area contributed by atoms with E-state index in [2.05, 4.69) is 25.7 Å². The lowest BCUT2D eigenvalue weighted by atomic mass is 10.1. The molecule has 2 fully saturated rings. The number of aliphatic hydroxyl groups is 1. The minimum absolute atomic E-state index is 0.0153. The maximum absolute atomic E-state index is 14.8. The molecule has 3 aromatic heterocycles. The van der Waals surface area contributed by atoms with Gasteiger partial charge in [-0.3, -0.25) is 0 Å². The van der Waals surface area contributed by atoms with Crippen LogP contribution in [-0.4, -0.2) is 57.0 Å². The van der Waals surface area contributed by atoms with Gasteiger partial charge in [0.05, 0.1) is 12.8 Å². The smallest absolute Gasteiger partial charge is 0.168 e. The van der Waals surface area contributed by atoms with E-state index in [0.717, 1.165) is 44.0 Å². The monoisotopic (exact) mass is 430 g/mol. The molecule has 1 saturated carbocycles. The third kappa shape index (κ3) is 4.05. The molecule has 1 atom stereocenters. The average molecular weight is 430 g/mol. The molecule has 1 saturated heterocycles. The van der Waals surface area contributed by atoms with Crippen LogP contribution < -0.4 is 15.4 Å². The number of ether oxygens (including phenoxy) is 1. The summed E-state index contributed by atoms with van der Waals surface area (Å²) in [5.74, 6) is -0.657. The number of aliphatic hydroxyl groups excluding tert-OH is 1. The fraction of sp³-hybridized carbons (Fsp3) is 0.476. The van der Waals surface area contributed by atoms with E-state index in [9.17, 15) is 8.78 Å². The Morgan fingerprint density at radius 2 is 2.10 bits per heavy atom. The summed E-state index contributed by atoms with van der Waals surface area (Å²) < 4.78 is 36.3. The third-order valence-electron chi connectivity index (χ3n) is 5.61. The molecule has 31 heavy (non-hydrogen) atoms. The highest BCUT2D eigenvalue weighted by Gasteiger charge is 2.30. The molecule has 1 unspecified atom stereocenters. The standard InChI is InChI=1S/C21H24F2N6O2/c22-14-8-15(23)21(26-13-2-1-5-24-10-13)27-20(14)16-11-25-18-9-17(31-7-6-30)19(12-3-4-12)28-29(16)18/h8-9,11-13,24,30H,1-7,10H2,(H,26,27). The van der Waals surface area contributed by atoms with E-state index in [1.54, 1.807) is 6.07 Å². The topological polar surface area (TPSA) is 96.6 Å². The van der Waals surface area contributed by atoms with Crippen LogP contribution in [0.4, 0.5) is 14.6 Å². The first-order valence-corrected chi connectivity index (χ1v) is 10.6. The molecule has 0 amide bonds. The van der Waals surface area contributed by atoms with Gasteiger partial charge in [0.15, 0.2) is 23.1 Å². The predicted octanol–water partition coefficient (Wildman–Crippen LogP) is 2.48.